The molecule has 0 aliphatic carbocycles. The lowest BCUT2D eigenvalue weighted by molar-refractivity contribution is 0.0950. The lowest BCUT2D eigenvalue weighted by atomic mass is 10.2. The molecule has 0 aliphatic heterocycles. The molecule has 0 fully saturated rings. The highest BCUT2D eigenvalue weighted by Gasteiger charge is 2.09. The fourth-order valence-corrected chi connectivity index (χ4v) is 2.79. The molecule has 0 saturated carbocycles. The molecule has 1 amide bonds. The van der Waals surface area contributed by atoms with Crippen LogP contribution in [0.2, 0.25) is 0 Å². The van der Waals surface area contributed by atoms with Gasteiger partial charge < -0.3 is 20.1 Å². The second-order valence-corrected chi connectivity index (χ2v) is 6.26. The number of aryl methyl sites for hydroxylation is 1. The van der Waals surface area contributed by atoms with Crippen molar-refractivity contribution in [2.24, 2.45) is 0 Å². The van der Waals surface area contributed by atoms with Crippen molar-refractivity contribution in [3.63, 3.8) is 0 Å². The van der Waals surface area contributed by atoms with Crippen molar-refractivity contribution in [1.29, 1.82) is 0 Å². The van der Waals surface area contributed by atoms with Crippen molar-refractivity contribution >= 4 is 17.4 Å². The maximum atomic E-state index is 12.4. The number of para-hydroxylation sites is 1. The normalized spacial score (nSPS) is 10.2. The zero-order valence-corrected chi connectivity index (χ0v) is 16.2. The topological polar surface area (TPSA) is 72.5 Å². The molecular weight excluding hydrogens is 354 g/mol. The maximum absolute atomic E-state index is 12.4. The zero-order chi connectivity index (χ0) is 19.9. The Balaban J connectivity index is 1.65. The molecule has 1 aromatic heterocycles. The minimum Gasteiger partial charge on any atom is -0.496 e. The van der Waals surface area contributed by atoms with E-state index >= 15 is 0 Å². The first-order valence-electron chi connectivity index (χ1n) is 8.88. The molecule has 0 unspecified atom stereocenters. The number of rotatable bonds is 7. The molecule has 2 aromatic carbocycles. The van der Waals surface area contributed by atoms with Crippen molar-refractivity contribution < 1.29 is 14.3 Å². The van der Waals surface area contributed by atoms with Crippen LogP contribution in [0, 0.1) is 6.92 Å². The van der Waals surface area contributed by atoms with Crippen molar-refractivity contribution in [2.75, 3.05) is 19.5 Å². The first kappa shape index (κ1) is 19.2. The van der Waals surface area contributed by atoms with E-state index in [0.29, 0.717) is 17.9 Å². The van der Waals surface area contributed by atoms with E-state index < -0.39 is 0 Å². The summed E-state index contributed by atoms with van der Waals surface area (Å²) in [4.78, 5) is 16.7. The zero-order valence-electron chi connectivity index (χ0n) is 16.2. The highest BCUT2D eigenvalue weighted by Crippen LogP contribution is 2.27. The predicted molar refractivity (Wildman–Crippen MR) is 109 cm³/mol. The Morgan fingerprint density at radius 1 is 1.00 bits per heavy atom. The lowest BCUT2D eigenvalue weighted by Crippen LogP contribution is -2.23. The van der Waals surface area contributed by atoms with Crippen LogP contribution in [0.3, 0.4) is 0 Å². The second-order valence-electron chi connectivity index (χ2n) is 6.26. The number of methoxy groups -OCH3 is 2. The summed E-state index contributed by atoms with van der Waals surface area (Å²) >= 11 is 0. The number of carbonyl (C=O) groups excluding carboxylic acids is 1. The molecule has 3 aromatic rings. The quantitative estimate of drug-likeness (QED) is 0.649. The smallest absolute Gasteiger partial charge is 0.253 e. The molecule has 0 saturated heterocycles. The molecule has 0 aliphatic rings. The average molecular weight is 377 g/mol. The SMILES string of the molecule is COc1ccccc1CNC(=O)c1ccc(Nc2cc(C)ccc2OC)nc1. The average Bonchev–Trinajstić information content (AvgIpc) is 2.73. The molecule has 0 spiro atoms. The van der Waals surface area contributed by atoms with Gasteiger partial charge in [-0.25, -0.2) is 4.98 Å². The van der Waals surface area contributed by atoms with Gasteiger partial charge in [-0.2, -0.15) is 0 Å². The number of amides is 1. The van der Waals surface area contributed by atoms with E-state index in [-0.39, 0.29) is 5.91 Å². The highest BCUT2D eigenvalue weighted by atomic mass is 16.5. The summed E-state index contributed by atoms with van der Waals surface area (Å²) in [6.45, 7) is 2.39. The number of benzene rings is 2. The van der Waals surface area contributed by atoms with Crippen LogP contribution >= 0.6 is 0 Å². The van der Waals surface area contributed by atoms with Gasteiger partial charge in [0.15, 0.2) is 0 Å². The molecule has 2 N–H and O–H groups in total. The summed E-state index contributed by atoms with van der Waals surface area (Å²) < 4.78 is 10.7. The Kier molecular flexibility index (Phi) is 6.11. The van der Waals surface area contributed by atoms with Crippen LogP contribution in [0.15, 0.2) is 60.8 Å². The van der Waals surface area contributed by atoms with E-state index in [1.165, 1.54) is 0 Å². The Hall–Kier alpha value is -3.54. The first-order valence-corrected chi connectivity index (χ1v) is 8.88. The summed E-state index contributed by atoms with van der Waals surface area (Å²) in [5.41, 5.74) is 3.33. The number of ether oxygens (including phenoxy) is 2. The third-order valence-electron chi connectivity index (χ3n) is 4.28. The molecule has 0 radical (unpaired) electrons. The number of hydrogen-bond acceptors (Lipinski definition) is 5. The molecule has 0 bridgehead atoms. The van der Waals surface area contributed by atoms with Gasteiger partial charge in [-0.15, -0.1) is 0 Å². The van der Waals surface area contributed by atoms with Crippen LogP contribution in [0.5, 0.6) is 11.5 Å². The summed E-state index contributed by atoms with van der Waals surface area (Å²) in [6.07, 6.45) is 1.54. The molecule has 28 heavy (non-hydrogen) atoms. The summed E-state index contributed by atoms with van der Waals surface area (Å²) in [6, 6.07) is 16.9. The summed E-state index contributed by atoms with van der Waals surface area (Å²) in [5, 5.41) is 6.10. The van der Waals surface area contributed by atoms with E-state index in [4.69, 9.17) is 9.47 Å². The number of nitrogens with one attached hydrogen (secondary N) is 2. The largest absolute Gasteiger partial charge is 0.496 e. The number of carbonyl (C=O) groups is 1. The van der Waals surface area contributed by atoms with Gasteiger partial charge in [0.05, 0.1) is 25.5 Å². The maximum Gasteiger partial charge on any atom is 0.253 e. The van der Waals surface area contributed by atoms with E-state index in [1.54, 1.807) is 32.5 Å². The Morgan fingerprint density at radius 3 is 2.50 bits per heavy atom. The van der Waals surface area contributed by atoms with Gasteiger partial charge in [-0.05, 0) is 42.8 Å². The molecule has 3 rings (SSSR count). The Morgan fingerprint density at radius 2 is 1.79 bits per heavy atom. The number of nitrogens with zero attached hydrogens (tertiary/aromatic N) is 1. The Labute approximate surface area is 164 Å². The van der Waals surface area contributed by atoms with Gasteiger partial charge in [0, 0.05) is 18.3 Å². The van der Waals surface area contributed by atoms with Gasteiger partial charge in [0.2, 0.25) is 0 Å². The first-order chi connectivity index (χ1) is 13.6. The number of hydrogen-bond donors (Lipinski definition) is 2. The van der Waals surface area contributed by atoms with Gasteiger partial charge in [-0.1, -0.05) is 24.3 Å². The molecule has 6 heteroatoms. The molecule has 144 valence electrons. The van der Waals surface area contributed by atoms with Crippen molar-refractivity contribution in [2.45, 2.75) is 13.5 Å². The predicted octanol–water partition coefficient (Wildman–Crippen LogP) is 4.08. The third kappa shape index (κ3) is 4.59. The van der Waals surface area contributed by atoms with Crippen LogP contribution in [-0.2, 0) is 6.54 Å². The molecule has 6 nitrogen and oxygen atoms in total. The van der Waals surface area contributed by atoms with E-state index in [1.807, 2.05) is 49.4 Å². The van der Waals surface area contributed by atoms with Crippen LogP contribution in [0.25, 0.3) is 0 Å². The second kappa shape index (κ2) is 8.90. The van der Waals surface area contributed by atoms with Crippen LogP contribution < -0.4 is 20.1 Å². The van der Waals surface area contributed by atoms with E-state index in [2.05, 4.69) is 15.6 Å². The van der Waals surface area contributed by atoms with Crippen molar-refractivity contribution in [3.8, 4) is 11.5 Å². The fourth-order valence-electron chi connectivity index (χ4n) is 2.79. The van der Waals surface area contributed by atoms with Crippen LogP contribution in [0.1, 0.15) is 21.5 Å². The Bertz CT molecular complexity index is 955. The number of aromatic nitrogens is 1. The standard InChI is InChI=1S/C22H23N3O3/c1-15-8-10-20(28-3)18(12-15)25-21-11-9-17(14-23-21)22(26)24-13-16-6-4-5-7-19(16)27-2/h4-12,14H,13H2,1-3H3,(H,23,25)(H,24,26). The molecular formula is C22H23N3O3. The van der Waals surface area contributed by atoms with Gasteiger partial charge in [0.1, 0.15) is 17.3 Å². The molecule has 0 atom stereocenters. The van der Waals surface area contributed by atoms with E-state index in [0.717, 1.165) is 28.3 Å². The third-order valence-corrected chi connectivity index (χ3v) is 4.28. The molecule has 1 heterocycles. The summed E-state index contributed by atoms with van der Waals surface area (Å²) in [5.74, 6) is 1.90. The van der Waals surface area contributed by atoms with Crippen LogP contribution in [0.4, 0.5) is 11.5 Å². The van der Waals surface area contributed by atoms with Crippen molar-refractivity contribution in [1.82, 2.24) is 10.3 Å². The number of pyridine rings is 1. The van der Waals surface area contributed by atoms with Gasteiger partial charge in [-0.3, -0.25) is 4.79 Å². The van der Waals surface area contributed by atoms with Crippen molar-refractivity contribution in [3.05, 3.63) is 77.5 Å². The summed E-state index contributed by atoms with van der Waals surface area (Å²) in [7, 11) is 3.23. The lowest BCUT2D eigenvalue weighted by Gasteiger charge is -2.12. The highest BCUT2D eigenvalue weighted by molar-refractivity contribution is 5.94. The monoisotopic (exact) mass is 377 g/mol. The number of anilines is 2. The minimum atomic E-state index is -0.196. The minimum absolute atomic E-state index is 0.196. The van der Waals surface area contributed by atoms with Gasteiger partial charge in [0.25, 0.3) is 5.91 Å². The fraction of sp³-hybridized carbons (Fsp3) is 0.182. The van der Waals surface area contributed by atoms with Gasteiger partial charge >= 0.3 is 0 Å². The van der Waals surface area contributed by atoms with Crippen LogP contribution in [-0.4, -0.2) is 25.1 Å². The van der Waals surface area contributed by atoms with E-state index in [9.17, 15) is 4.79 Å².